The van der Waals surface area contributed by atoms with Crippen molar-refractivity contribution in [3.63, 3.8) is 0 Å². The second-order valence-corrected chi connectivity index (χ2v) is 5.06. The molecule has 0 bridgehead atoms. The molecule has 2 N–H and O–H groups in total. The topological polar surface area (TPSA) is 52.6 Å². The smallest absolute Gasteiger partial charge is 0.223 e. The van der Waals surface area contributed by atoms with Crippen LogP contribution in [0.5, 0.6) is 0 Å². The number of carbonyl (C=O) groups excluding carboxylic acids is 1. The monoisotopic (exact) mass is 262 g/mol. The molecule has 0 aliphatic carbocycles. The van der Waals surface area contributed by atoms with Crippen molar-refractivity contribution in [2.45, 2.75) is 19.8 Å². The Hall–Kier alpha value is -1.55. The highest BCUT2D eigenvalue weighted by atomic mass is 16.3. The van der Waals surface area contributed by atoms with Crippen molar-refractivity contribution in [2.75, 3.05) is 31.1 Å². The normalized spacial score (nSPS) is 16.4. The van der Waals surface area contributed by atoms with Crippen molar-refractivity contribution in [3.05, 3.63) is 29.8 Å². The van der Waals surface area contributed by atoms with Crippen LogP contribution in [-0.4, -0.2) is 37.3 Å². The first-order valence-electron chi connectivity index (χ1n) is 6.91. The van der Waals surface area contributed by atoms with Gasteiger partial charge < -0.3 is 15.3 Å². The fourth-order valence-corrected chi connectivity index (χ4v) is 2.62. The molecule has 0 saturated carbocycles. The second-order valence-electron chi connectivity index (χ2n) is 5.06. The van der Waals surface area contributed by atoms with Crippen LogP contribution < -0.4 is 10.2 Å². The van der Waals surface area contributed by atoms with Crippen LogP contribution in [0.15, 0.2) is 24.3 Å². The molecule has 1 aliphatic heterocycles. The number of benzene rings is 1. The zero-order valence-electron chi connectivity index (χ0n) is 11.4. The number of rotatable bonds is 4. The third-order valence-corrected chi connectivity index (χ3v) is 3.73. The summed E-state index contributed by atoms with van der Waals surface area (Å²) in [6.45, 7) is 4.32. The highest BCUT2D eigenvalue weighted by Gasteiger charge is 2.25. The molecular formula is C15H22N2O2. The molecule has 4 nitrogen and oxygen atoms in total. The molecule has 0 unspecified atom stereocenters. The number of aryl methyl sites for hydroxylation is 1. The SMILES string of the molecule is Cc1ccccc1N1CCC(C(=O)NCCO)CC1. The molecule has 1 amide bonds. The number of aliphatic hydroxyl groups excluding tert-OH is 1. The Kier molecular flexibility index (Phi) is 4.80. The maximum absolute atomic E-state index is 11.8. The summed E-state index contributed by atoms with van der Waals surface area (Å²) in [6.07, 6.45) is 1.76. The number of nitrogens with zero attached hydrogens (tertiary/aromatic N) is 1. The molecule has 1 aromatic carbocycles. The van der Waals surface area contributed by atoms with Gasteiger partial charge in [-0.25, -0.2) is 0 Å². The summed E-state index contributed by atoms with van der Waals surface area (Å²) < 4.78 is 0. The van der Waals surface area contributed by atoms with Gasteiger partial charge in [-0.3, -0.25) is 4.79 Å². The maximum atomic E-state index is 11.8. The number of anilines is 1. The van der Waals surface area contributed by atoms with Crippen molar-refractivity contribution in [1.82, 2.24) is 5.32 Å². The Morgan fingerprint density at radius 1 is 1.37 bits per heavy atom. The minimum Gasteiger partial charge on any atom is -0.395 e. The van der Waals surface area contributed by atoms with Crippen LogP contribution in [0, 0.1) is 12.8 Å². The summed E-state index contributed by atoms with van der Waals surface area (Å²) in [6, 6.07) is 8.37. The van der Waals surface area contributed by atoms with Gasteiger partial charge in [-0.2, -0.15) is 0 Å². The molecule has 0 aromatic heterocycles. The molecule has 1 aromatic rings. The van der Waals surface area contributed by atoms with Gasteiger partial charge in [-0.05, 0) is 31.4 Å². The first kappa shape index (κ1) is 13.9. The lowest BCUT2D eigenvalue weighted by Gasteiger charge is -2.33. The van der Waals surface area contributed by atoms with Crippen LogP contribution >= 0.6 is 0 Å². The van der Waals surface area contributed by atoms with E-state index in [0.717, 1.165) is 25.9 Å². The van der Waals surface area contributed by atoms with Gasteiger partial charge in [0.15, 0.2) is 0 Å². The van der Waals surface area contributed by atoms with Gasteiger partial charge in [0.2, 0.25) is 5.91 Å². The predicted molar refractivity (Wildman–Crippen MR) is 76.2 cm³/mol. The molecule has 1 fully saturated rings. The standard InChI is InChI=1S/C15H22N2O2/c1-12-4-2-3-5-14(12)17-9-6-13(7-10-17)15(19)16-8-11-18/h2-5,13,18H,6-11H2,1H3,(H,16,19). The number of nitrogens with one attached hydrogen (secondary N) is 1. The number of hydrogen-bond acceptors (Lipinski definition) is 3. The molecule has 0 spiro atoms. The lowest BCUT2D eigenvalue weighted by atomic mass is 9.95. The molecular weight excluding hydrogens is 240 g/mol. The molecule has 1 saturated heterocycles. The molecule has 104 valence electrons. The van der Waals surface area contributed by atoms with Crippen LogP contribution in [0.25, 0.3) is 0 Å². The van der Waals surface area contributed by atoms with Crippen molar-refractivity contribution in [1.29, 1.82) is 0 Å². The number of piperidine rings is 1. The van der Waals surface area contributed by atoms with Gasteiger partial charge in [0.05, 0.1) is 6.61 Å². The predicted octanol–water partition coefficient (Wildman–Crippen LogP) is 1.32. The van der Waals surface area contributed by atoms with Gasteiger partial charge >= 0.3 is 0 Å². The van der Waals surface area contributed by atoms with Crippen LogP contribution in [0.1, 0.15) is 18.4 Å². The molecule has 0 radical (unpaired) electrons. The Morgan fingerprint density at radius 3 is 2.68 bits per heavy atom. The maximum Gasteiger partial charge on any atom is 0.223 e. The number of hydrogen-bond donors (Lipinski definition) is 2. The minimum atomic E-state index is 0.00773. The first-order valence-corrected chi connectivity index (χ1v) is 6.91. The van der Waals surface area contributed by atoms with Crippen LogP contribution in [-0.2, 0) is 4.79 Å². The first-order chi connectivity index (χ1) is 9.22. The summed E-state index contributed by atoms with van der Waals surface area (Å²) >= 11 is 0. The summed E-state index contributed by atoms with van der Waals surface area (Å²) in [5, 5.41) is 11.5. The third-order valence-electron chi connectivity index (χ3n) is 3.73. The van der Waals surface area contributed by atoms with E-state index in [9.17, 15) is 4.79 Å². The van der Waals surface area contributed by atoms with E-state index in [1.165, 1.54) is 11.3 Å². The quantitative estimate of drug-likeness (QED) is 0.860. The molecule has 2 rings (SSSR count). The van der Waals surface area contributed by atoms with Crippen molar-refractivity contribution >= 4 is 11.6 Å². The Labute approximate surface area is 114 Å². The second kappa shape index (κ2) is 6.57. The fraction of sp³-hybridized carbons (Fsp3) is 0.533. The highest BCUT2D eigenvalue weighted by Crippen LogP contribution is 2.25. The van der Waals surface area contributed by atoms with E-state index in [-0.39, 0.29) is 18.4 Å². The van der Waals surface area contributed by atoms with Gasteiger partial charge in [0, 0.05) is 31.2 Å². The van der Waals surface area contributed by atoms with Crippen molar-refractivity contribution in [2.24, 2.45) is 5.92 Å². The zero-order valence-corrected chi connectivity index (χ0v) is 11.4. The average molecular weight is 262 g/mol. The van der Waals surface area contributed by atoms with E-state index in [4.69, 9.17) is 5.11 Å². The third kappa shape index (κ3) is 3.47. The summed E-state index contributed by atoms with van der Waals surface area (Å²) in [5.41, 5.74) is 2.56. The average Bonchev–Trinajstić information content (AvgIpc) is 2.45. The van der Waals surface area contributed by atoms with E-state index in [0.29, 0.717) is 6.54 Å². The highest BCUT2D eigenvalue weighted by molar-refractivity contribution is 5.79. The molecule has 0 atom stereocenters. The van der Waals surface area contributed by atoms with Gasteiger partial charge in [0.1, 0.15) is 0 Å². The van der Waals surface area contributed by atoms with E-state index >= 15 is 0 Å². The lowest BCUT2D eigenvalue weighted by Crippen LogP contribution is -2.41. The summed E-state index contributed by atoms with van der Waals surface area (Å²) in [4.78, 5) is 14.2. The van der Waals surface area contributed by atoms with E-state index in [1.54, 1.807) is 0 Å². The molecule has 1 heterocycles. The number of aliphatic hydroxyl groups is 1. The van der Waals surface area contributed by atoms with Crippen molar-refractivity contribution < 1.29 is 9.90 Å². The largest absolute Gasteiger partial charge is 0.395 e. The number of amides is 1. The van der Waals surface area contributed by atoms with Crippen LogP contribution in [0.4, 0.5) is 5.69 Å². The van der Waals surface area contributed by atoms with Crippen LogP contribution in [0.3, 0.4) is 0 Å². The van der Waals surface area contributed by atoms with Crippen LogP contribution in [0.2, 0.25) is 0 Å². The zero-order chi connectivity index (χ0) is 13.7. The number of carbonyl (C=O) groups is 1. The Morgan fingerprint density at radius 2 is 2.05 bits per heavy atom. The fourth-order valence-electron chi connectivity index (χ4n) is 2.62. The minimum absolute atomic E-state index is 0.00773. The van der Waals surface area contributed by atoms with Gasteiger partial charge in [-0.15, -0.1) is 0 Å². The van der Waals surface area contributed by atoms with E-state index < -0.39 is 0 Å². The van der Waals surface area contributed by atoms with Crippen molar-refractivity contribution in [3.8, 4) is 0 Å². The Balaban J connectivity index is 1.89. The molecule has 1 aliphatic rings. The van der Waals surface area contributed by atoms with E-state index in [1.807, 2.05) is 6.07 Å². The van der Waals surface area contributed by atoms with Gasteiger partial charge in [-0.1, -0.05) is 18.2 Å². The summed E-state index contributed by atoms with van der Waals surface area (Å²) in [5.74, 6) is 0.172. The molecule has 4 heteroatoms. The Bertz CT molecular complexity index is 426. The van der Waals surface area contributed by atoms with Gasteiger partial charge in [0.25, 0.3) is 0 Å². The van der Waals surface area contributed by atoms with E-state index in [2.05, 4.69) is 35.3 Å². The summed E-state index contributed by atoms with van der Waals surface area (Å²) in [7, 11) is 0. The lowest BCUT2D eigenvalue weighted by molar-refractivity contribution is -0.125. The molecule has 19 heavy (non-hydrogen) atoms. The number of para-hydroxylation sites is 1.